The van der Waals surface area contributed by atoms with Crippen molar-refractivity contribution in [1.29, 1.82) is 0 Å². The number of hydrogen-bond acceptors (Lipinski definition) is 3. The Hall–Kier alpha value is -1.61. The average molecular weight is 291 g/mol. The average Bonchev–Trinajstić information content (AvgIpc) is 2.45. The maximum Gasteiger partial charge on any atom is 0.213 e. The minimum absolute atomic E-state index is 0.192. The normalized spacial score (nSPS) is 12.4. The number of hydrogen-bond donors (Lipinski definition) is 0. The highest BCUT2D eigenvalue weighted by Crippen LogP contribution is 2.24. The van der Waals surface area contributed by atoms with Gasteiger partial charge in [-0.2, -0.15) is 0 Å². The lowest BCUT2D eigenvalue weighted by Crippen LogP contribution is -2.08. The highest BCUT2D eigenvalue weighted by atomic mass is 35.5. The van der Waals surface area contributed by atoms with E-state index in [0.29, 0.717) is 23.4 Å². The molecule has 0 N–H and O–H groups in total. The van der Waals surface area contributed by atoms with Gasteiger partial charge in [-0.3, -0.25) is 4.98 Å². The molecule has 2 heterocycles. The first-order valence-corrected chi connectivity index (χ1v) is 7.14. The molecule has 106 valence electrons. The predicted molar refractivity (Wildman–Crippen MR) is 81.5 cm³/mol. The standard InChI is InChI=1S/C16H19ClN2O/c1-11(2)13-4-5-16(19-8-13)20-10-12(3)14-6-7-18-9-15(14)17/h4-9,11-12H,10H2,1-3H3. The van der Waals surface area contributed by atoms with E-state index in [-0.39, 0.29) is 5.92 Å². The van der Waals surface area contributed by atoms with Crippen LogP contribution < -0.4 is 4.74 Å². The Morgan fingerprint density at radius 3 is 2.55 bits per heavy atom. The molecule has 20 heavy (non-hydrogen) atoms. The van der Waals surface area contributed by atoms with E-state index in [2.05, 4.69) is 36.8 Å². The van der Waals surface area contributed by atoms with Gasteiger partial charge in [0.1, 0.15) is 0 Å². The van der Waals surface area contributed by atoms with E-state index in [1.165, 1.54) is 5.56 Å². The molecule has 1 unspecified atom stereocenters. The lowest BCUT2D eigenvalue weighted by atomic mass is 10.0. The number of rotatable bonds is 5. The Labute approximate surface area is 125 Å². The Balaban J connectivity index is 1.96. The van der Waals surface area contributed by atoms with Gasteiger partial charge in [-0.15, -0.1) is 0 Å². The summed E-state index contributed by atoms with van der Waals surface area (Å²) in [6.45, 7) is 6.90. The van der Waals surface area contributed by atoms with Crippen molar-refractivity contribution in [3.8, 4) is 5.88 Å². The molecule has 0 saturated carbocycles. The second-order valence-electron chi connectivity index (χ2n) is 5.19. The third kappa shape index (κ3) is 3.70. The summed E-state index contributed by atoms with van der Waals surface area (Å²) >= 11 is 6.12. The monoisotopic (exact) mass is 290 g/mol. The predicted octanol–water partition coefficient (Wildman–Crippen LogP) is 4.44. The van der Waals surface area contributed by atoms with Gasteiger partial charge in [0.15, 0.2) is 0 Å². The molecule has 0 fully saturated rings. The summed E-state index contributed by atoms with van der Waals surface area (Å²) in [7, 11) is 0. The Morgan fingerprint density at radius 1 is 1.15 bits per heavy atom. The van der Waals surface area contributed by atoms with Crippen LogP contribution in [0.1, 0.15) is 43.7 Å². The third-order valence-electron chi connectivity index (χ3n) is 3.24. The molecule has 2 aromatic rings. The maximum atomic E-state index is 6.12. The van der Waals surface area contributed by atoms with Crippen molar-refractivity contribution >= 4 is 11.6 Å². The van der Waals surface area contributed by atoms with Gasteiger partial charge in [-0.25, -0.2) is 4.98 Å². The molecular weight excluding hydrogens is 272 g/mol. The molecule has 0 bridgehead atoms. The highest BCUT2D eigenvalue weighted by Gasteiger charge is 2.11. The van der Waals surface area contributed by atoms with E-state index in [0.717, 1.165) is 5.56 Å². The van der Waals surface area contributed by atoms with E-state index >= 15 is 0 Å². The summed E-state index contributed by atoms with van der Waals surface area (Å²) in [5.74, 6) is 1.31. The summed E-state index contributed by atoms with van der Waals surface area (Å²) < 4.78 is 5.72. The van der Waals surface area contributed by atoms with Crippen molar-refractivity contribution in [3.05, 3.63) is 52.9 Å². The van der Waals surface area contributed by atoms with Crippen LogP contribution in [0.2, 0.25) is 5.02 Å². The van der Waals surface area contributed by atoms with E-state index in [1.807, 2.05) is 18.3 Å². The van der Waals surface area contributed by atoms with Crippen LogP contribution in [0.4, 0.5) is 0 Å². The number of ether oxygens (including phenoxy) is 1. The maximum absolute atomic E-state index is 6.12. The van der Waals surface area contributed by atoms with Crippen LogP contribution in [0, 0.1) is 0 Å². The van der Waals surface area contributed by atoms with Crippen LogP contribution >= 0.6 is 11.6 Å². The molecule has 1 atom stereocenters. The molecule has 3 nitrogen and oxygen atoms in total. The molecule has 0 aliphatic heterocycles. The quantitative estimate of drug-likeness (QED) is 0.817. The minimum atomic E-state index is 0.192. The number of halogens is 1. The molecule has 0 saturated heterocycles. The van der Waals surface area contributed by atoms with Crippen LogP contribution in [-0.4, -0.2) is 16.6 Å². The fourth-order valence-electron chi connectivity index (χ4n) is 1.90. The molecule has 2 aromatic heterocycles. The molecule has 0 amide bonds. The summed E-state index contributed by atoms with van der Waals surface area (Å²) in [4.78, 5) is 8.31. The summed E-state index contributed by atoms with van der Waals surface area (Å²) in [6, 6.07) is 5.89. The number of aromatic nitrogens is 2. The second kappa shape index (κ2) is 6.71. The van der Waals surface area contributed by atoms with Gasteiger partial charge < -0.3 is 4.74 Å². The molecule has 0 radical (unpaired) electrons. The van der Waals surface area contributed by atoms with Gasteiger partial charge in [-0.05, 0) is 23.1 Å². The van der Waals surface area contributed by atoms with Crippen LogP contribution in [0.25, 0.3) is 0 Å². The van der Waals surface area contributed by atoms with Crippen molar-refractivity contribution in [2.45, 2.75) is 32.6 Å². The van der Waals surface area contributed by atoms with Crippen LogP contribution in [-0.2, 0) is 0 Å². The van der Waals surface area contributed by atoms with Gasteiger partial charge in [0.2, 0.25) is 5.88 Å². The van der Waals surface area contributed by atoms with Crippen molar-refractivity contribution in [2.75, 3.05) is 6.61 Å². The Kier molecular flexibility index (Phi) is 4.96. The SMILES string of the molecule is CC(C)c1ccc(OCC(C)c2ccncc2Cl)nc1. The number of nitrogens with zero attached hydrogens (tertiary/aromatic N) is 2. The van der Waals surface area contributed by atoms with Crippen LogP contribution in [0.15, 0.2) is 36.8 Å². The zero-order chi connectivity index (χ0) is 14.5. The van der Waals surface area contributed by atoms with Gasteiger partial charge in [0, 0.05) is 30.6 Å². The summed E-state index contributed by atoms with van der Waals surface area (Å²) in [5, 5.41) is 0.673. The van der Waals surface area contributed by atoms with Crippen LogP contribution in [0.3, 0.4) is 0 Å². The van der Waals surface area contributed by atoms with Crippen molar-refractivity contribution in [3.63, 3.8) is 0 Å². The lowest BCUT2D eigenvalue weighted by Gasteiger charge is -2.14. The molecule has 0 aliphatic carbocycles. The van der Waals surface area contributed by atoms with E-state index < -0.39 is 0 Å². The topological polar surface area (TPSA) is 35.0 Å². The largest absolute Gasteiger partial charge is 0.477 e. The highest BCUT2D eigenvalue weighted by molar-refractivity contribution is 6.31. The first kappa shape index (κ1) is 14.8. The molecule has 4 heteroatoms. The van der Waals surface area contributed by atoms with Crippen molar-refractivity contribution in [1.82, 2.24) is 9.97 Å². The van der Waals surface area contributed by atoms with Crippen molar-refractivity contribution < 1.29 is 4.74 Å². The Morgan fingerprint density at radius 2 is 1.95 bits per heavy atom. The van der Waals surface area contributed by atoms with Gasteiger partial charge in [-0.1, -0.05) is 38.4 Å². The summed E-state index contributed by atoms with van der Waals surface area (Å²) in [6.07, 6.45) is 5.26. The van der Waals surface area contributed by atoms with Gasteiger partial charge in [0.25, 0.3) is 0 Å². The Bertz CT molecular complexity index is 555. The second-order valence-corrected chi connectivity index (χ2v) is 5.60. The van der Waals surface area contributed by atoms with E-state index in [4.69, 9.17) is 16.3 Å². The van der Waals surface area contributed by atoms with Crippen LogP contribution in [0.5, 0.6) is 5.88 Å². The first-order valence-electron chi connectivity index (χ1n) is 6.76. The molecule has 2 rings (SSSR count). The van der Waals surface area contributed by atoms with Crippen molar-refractivity contribution in [2.24, 2.45) is 0 Å². The minimum Gasteiger partial charge on any atom is -0.477 e. The summed E-state index contributed by atoms with van der Waals surface area (Å²) in [5.41, 5.74) is 2.25. The number of pyridine rings is 2. The molecule has 0 aromatic carbocycles. The van der Waals surface area contributed by atoms with E-state index in [1.54, 1.807) is 12.4 Å². The van der Waals surface area contributed by atoms with E-state index in [9.17, 15) is 0 Å². The molecule has 0 spiro atoms. The zero-order valence-corrected chi connectivity index (χ0v) is 12.8. The first-order chi connectivity index (χ1) is 9.58. The molecule has 0 aliphatic rings. The fraction of sp³-hybridized carbons (Fsp3) is 0.375. The smallest absolute Gasteiger partial charge is 0.213 e. The lowest BCUT2D eigenvalue weighted by molar-refractivity contribution is 0.284. The third-order valence-corrected chi connectivity index (χ3v) is 3.56. The van der Waals surface area contributed by atoms with Gasteiger partial charge in [0.05, 0.1) is 11.6 Å². The van der Waals surface area contributed by atoms with Gasteiger partial charge >= 0.3 is 0 Å². The zero-order valence-electron chi connectivity index (χ0n) is 12.0. The molecular formula is C16H19ClN2O. The fourth-order valence-corrected chi connectivity index (χ4v) is 2.21.